The molecule has 0 aliphatic heterocycles. The first-order chi connectivity index (χ1) is 10.2. The average Bonchev–Trinajstić information content (AvgIpc) is 3.05. The standard InChI is InChI=1S/C16H17ClN2OS/c1-3-18-14(8-12-9-21-10(2)19-12)15-7-11-5-4-6-13(17)16(11)20-15/h4-7,9,14,18H,3,8H2,1-2H3. The summed E-state index contributed by atoms with van der Waals surface area (Å²) in [5.41, 5.74) is 1.85. The van der Waals surface area contributed by atoms with Crippen LogP contribution in [-0.2, 0) is 6.42 Å². The lowest BCUT2D eigenvalue weighted by Gasteiger charge is -2.13. The summed E-state index contributed by atoms with van der Waals surface area (Å²) in [6, 6.07) is 7.98. The van der Waals surface area contributed by atoms with Gasteiger partial charge in [-0.3, -0.25) is 0 Å². The summed E-state index contributed by atoms with van der Waals surface area (Å²) >= 11 is 7.87. The van der Waals surface area contributed by atoms with E-state index in [1.54, 1.807) is 11.3 Å². The van der Waals surface area contributed by atoms with Gasteiger partial charge in [0.1, 0.15) is 5.76 Å². The van der Waals surface area contributed by atoms with E-state index in [2.05, 4.69) is 28.7 Å². The molecule has 110 valence electrons. The monoisotopic (exact) mass is 320 g/mol. The zero-order chi connectivity index (χ0) is 14.8. The van der Waals surface area contributed by atoms with E-state index >= 15 is 0 Å². The zero-order valence-electron chi connectivity index (χ0n) is 12.0. The van der Waals surface area contributed by atoms with E-state index in [0.29, 0.717) is 5.02 Å². The Balaban J connectivity index is 1.93. The van der Waals surface area contributed by atoms with Gasteiger partial charge in [0.2, 0.25) is 0 Å². The zero-order valence-corrected chi connectivity index (χ0v) is 13.6. The fourth-order valence-electron chi connectivity index (χ4n) is 2.45. The van der Waals surface area contributed by atoms with Crippen LogP contribution < -0.4 is 5.32 Å². The van der Waals surface area contributed by atoms with E-state index in [4.69, 9.17) is 16.0 Å². The van der Waals surface area contributed by atoms with Crippen molar-refractivity contribution in [3.8, 4) is 0 Å². The molecule has 0 fully saturated rings. The highest BCUT2D eigenvalue weighted by atomic mass is 35.5. The van der Waals surface area contributed by atoms with Crippen LogP contribution in [0.1, 0.15) is 29.4 Å². The number of aryl methyl sites for hydroxylation is 1. The Morgan fingerprint density at radius 1 is 1.43 bits per heavy atom. The first kappa shape index (κ1) is 14.6. The summed E-state index contributed by atoms with van der Waals surface area (Å²) in [5.74, 6) is 0.908. The van der Waals surface area contributed by atoms with Gasteiger partial charge in [-0.1, -0.05) is 30.7 Å². The van der Waals surface area contributed by atoms with Crippen molar-refractivity contribution in [1.82, 2.24) is 10.3 Å². The van der Waals surface area contributed by atoms with Crippen molar-refractivity contribution < 1.29 is 4.42 Å². The van der Waals surface area contributed by atoms with Crippen molar-refractivity contribution in [1.29, 1.82) is 0 Å². The van der Waals surface area contributed by atoms with E-state index in [9.17, 15) is 0 Å². The largest absolute Gasteiger partial charge is 0.458 e. The minimum Gasteiger partial charge on any atom is -0.458 e. The first-order valence-corrected chi connectivity index (χ1v) is 8.25. The van der Waals surface area contributed by atoms with Crippen LogP contribution in [0.4, 0.5) is 0 Å². The second-order valence-electron chi connectivity index (χ2n) is 4.98. The summed E-state index contributed by atoms with van der Waals surface area (Å²) in [6.07, 6.45) is 0.815. The molecule has 3 rings (SSSR count). The lowest BCUT2D eigenvalue weighted by Crippen LogP contribution is -2.22. The molecule has 0 saturated carbocycles. The molecular formula is C16H17ClN2OS. The minimum absolute atomic E-state index is 0.111. The summed E-state index contributed by atoms with van der Waals surface area (Å²) in [5, 5.41) is 8.35. The van der Waals surface area contributed by atoms with Crippen LogP contribution in [0.15, 0.2) is 34.1 Å². The predicted octanol–water partition coefficient (Wildman–Crippen LogP) is 4.74. The molecule has 1 unspecified atom stereocenters. The van der Waals surface area contributed by atoms with Gasteiger partial charge < -0.3 is 9.73 Å². The maximum absolute atomic E-state index is 6.19. The summed E-state index contributed by atoms with van der Waals surface area (Å²) < 4.78 is 5.97. The van der Waals surface area contributed by atoms with Crippen molar-refractivity contribution in [3.63, 3.8) is 0 Å². The Bertz CT molecular complexity index is 750. The maximum atomic E-state index is 6.19. The second kappa shape index (κ2) is 6.18. The molecule has 0 spiro atoms. The number of hydrogen-bond acceptors (Lipinski definition) is 4. The fraction of sp³-hybridized carbons (Fsp3) is 0.312. The number of halogens is 1. The normalized spacial score (nSPS) is 12.9. The van der Waals surface area contributed by atoms with E-state index in [1.165, 1.54) is 0 Å². The molecule has 3 aromatic rings. The molecule has 0 bridgehead atoms. The molecule has 5 heteroatoms. The number of nitrogens with zero attached hydrogens (tertiary/aromatic N) is 1. The SMILES string of the molecule is CCNC(Cc1csc(C)n1)c1cc2cccc(Cl)c2o1. The smallest absolute Gasteiger partial charge is 0.152 e. The summed E-state index contributed by atoms with van der Waals surface area (Å²) in [6.45, 7) is 4.99. The second-order valence-corrected chi connectivity index (χ2v) is 6.45. The van der Waals surface area contributed by atoms with E-state index in [-0.39, 0.29) is 6.04 Å². The summed E-state index contributed by atoms with van der Waals surface area (Å²) in [7, 11) is 0. The molecule has 0 radical (unpaired) electrons. The Hall–Kier alpha value is -1.36. The molecule has 2 heterocycles. The van der Waals surface area contributed by atoms with Gasteiger partial charge in [0.25, 0.3) is 0 Å². The molecule has 1 N–H and O–H groups in total. The number of hydrogen-bond donors (Lipinski definition) is 1. The van der Waals surface area contributed by atoms with Crippen LogP contribution in [0.5, 0.6) is 0 Å². The first-order valence-electron chi connectivity index (χ1n) is 6.99. The van der Waals surface area contributed by atoms with Crippen LogP contribution >= 0.6 is 22.9 Å². The van der Waals surface area contributed by atoms with E-state index < -0.39 is 0 Å². The number of fused-ring (bicyclic) bond motifs is 1. The van der Waals surface area contributed by atoms with Gasteiger partial charge in [0, 0.05) is 17.2 Å². The Kier molecular flexibility index (Phi) is 4.29. The van der Waals surface area contributed by atoms with Gasteiger partial charge in [0.05, 0.1) is 21.8 Å². The number of likely N-dealkylation sites (N-methyl/N-ethyl adjacent to an activating group) is 1. The van der Waals surface area contributed by atoms with Gasteiger partial charge >= 0.3 is 0 Å². The van der Waals surface area contributed by atoms with Crippen molar-refractivity contribution >= 4 is 33.9 Å². The predicted molar refractivity (Wildman–Crippen MR) is 88.2 cm³/mol. The van der Waals surface area contributed by atoms with Gasteiger partial charge in [-0.2, -0.15) is 0 Å². The molecule has 0 aliphatic carbocycles. The minimum atomic E-state index is 0.111. The number of aromatic nitrogens is 1. The molecule has 21 heavy (non-hydrogen) atoms. The van der Waals surface area contributed by atoms with Crippen molar-refractivity contribution in [2.75, 3.05) is 6.54 Å². The number of benzene rings is 1. The number of para-hydroxylation sites is 1. The average molecular weight is 321 g/mol. The lowest BCUT2D eigenvalue weighted by atomic mass is 10.1. The van der Waals surface area contributed by atoms with Gasteiger partial charge in [-0.15, -0.1) is 11.3 Å². The third kappa shape index (κ3) is 3.12. The van der Waals surface area contributed by atoms with Gasteiger partial charge in [0.15, 0.2) is 5.58 Å². The van der Waals surface area contributed by atoms with Gasteiger partial charge in [-0.05, 0) is 25.6 Å². The highest BCUT2D eigenvalue weighted by Gasteiger charge is 2.18. The molecule has 0 aliphatic rings. The van der Waals surface area contributed by atoms with E-state index in [0.717, 1.165) is 40.4 Å². The van der Waals surface area contributed by atoms with Gasteiger partial charge in [-0.25, -0.2) is 4.98 Å². The quantitative estimate of drug-likeness (QED) is 0.737. The Morgan fingerprint density at radius 3 is 2.95 bits per heavy atom. The molecule has 3 nitrogen and oxygen atoms in total. The third-order valence-electron chi connectivity index (χ3n) is 3.39. The van der Waals surface area contributed by atoms with E-state index in [1.807, 2.05) is 25.1 Å². The number of nitrogens with one attached hydrogen (secondary N) is 1. The highest BCUT2D eigenvalue weighted by molar-refractivity contribution is 7.09. The van der Waals surface area contributed by atoms with Crippen LogP contribution in [0, 0.1) is 6.92 Å². The van der Waals surface area contributed by atoms with Crippen LogP contribution in [-0.4, -0.2) is 11.5 Å². The number of furan rings is 1. The molecule has 0 saturated heterocycles. The number of thiazole rings is 1. The Morgan fingerprint density at radius 2 is 2.29 bits per heavy atom. The number of rotatable bonds is 5. The molecule has 1 aromatic carbocycles. The summed E-state index contributed by atoms with van der Waals surface area (Å²) in [4.78, 5) is 4.54. The molecular weight excluding hydrogens is 304 g/mol. The molecule has 0 amide bonds. The van der Waals surface area contributed by atoms with Crippen LogP contribution in [0.3, 0.4) is 0 Å². The Labute approximate surface area is 133 Å². The highest BCUT2D eigenvalue weighted by Crippen LogP contribution is 2.30. The van der Waals surface area contributed by atoms with Crippen molar-refractivity contribution in [3.05, 3.63) is 51.1 Å². The molecule has 1 atom stereocenters. The topological polar surface area (TPSA) is 38.1 Å². The van der Waals surface area contributed by atoms with Crippen LogP contribution in [0.2, 0.25) is 5.02 Å². The maximum Gasteiger partial charge on any atom is 0.152 e. The lowest BCUT2D eigenvalue weighted by molar-refractivity contribution is 0.433. The van der Waals surface area contributed by atoms with Crippen molar-refractivity contribution in [2.45, 2.75) is 26.3 Å². The fourth-order valence-corrected chi connectivity index (χ4v) is 3.30. The molecule has 2 aromatic heterocycles. The van der Waals surface area contributed by atoms with Crippen molar-refractivity contribution in [2.24, 2.45) is 0 Å². The third-order valence-corrected chi connectivity index (χ3v) is 4.51. The van der Waals surface area contributed by atoms with Crippen LogP contribution in [0.25, 0.3) is 11.0 Å².